The van der Waals surface area contributed by atoms with Crippen LogP contribution in [0.4, 0.5) is 0 Å². The Balaban J connectivity index is 4.53. The lowest BCUT2D eigenvalue weighted by atomic mass is 9.75. The van der Waals surface area contributed by atoms with Crippen LogP contribution in [0.1, 0.15) is 46.5 Å². The molecule has 76 valence electrons. The zero-order chi connectivity index (χ0) is 10.5. The minimum atomic E-state index is -1.02. The molecule has 13 heavy (non-hydrogen) atoms. The van der Waals surface area contributed by atoms with Gasteiger partial charge in [-0.2, -0.15) is 0 Å². The summed E-state index contributed by atoms with van der Waals surface area (Å²) in [4.78, 5) is 22.0. The standard InChI is InChI=1S/C10H18O3/c1-4-10(5-2,6-3)8(11)7-9(12)13/h4-7H2,1-3H3,(H,12,13). The maximum atomic E-state index is 11.6. The van der Waals surface area contributed by atoms with Crippen molar-refractivity contribution < 1.29 is 14.7 Å². The Morgan fingerprint density at radius 2 is 1.46 bits per heavy atom. The normalized spacial score (nSPS) is 11.3. The number of hydrogen-bond acceptors (Lipinski definition) is 2. The number of carbonyl (C=O) groups is 2. The van der Waals surface area contributed by atoms with Gasteiger partial charge in [-0.25, -0.2) is 0 Å². The molecule has 0 radical (unpaired) electrons. The van der Waals surface area contributed by atoms with Crippen LogP contribution in [-0.4, -0.2) is 16.9 Å². The zero-order valence-corrected chi connectivity index (χ0v) is 8.59. The van der Waals surface area contributed by atoms with Crippen LogP contribution in [-0.2, 0) is 9.59 Å². The van der Waals surface area contributed by atoms with E-state index in [-0.39, 0.29) is 12.2 Å². The first-order valence-corrected chi connectivity index (χ1v) is 4.77. The molecule has 0 amide bonds. The molecule has 0 saturated heterocycles. The summed E-state index contributed by atoms with van der Waals surface area (Å²) < 4.78 is 0. The maximum Gasteiger partial charge on any atom is 0.310 e. The summed E-state index contributed by atoms with van der Waals surface area (Å²) in [6.07, 6.45) is 1.85. The van der Waals surface area contributed by atoms with Crippen LogP contribution in [0.5, 0.6) is 0 Å². The molecule has 0 spiro atoms. The molecule has 0 bridgehead atoms. The highest BCUT2D eigenvalue weighted by Crippen LogP contribution is 2.32. The van der Waals surface area contributed by atoms with E-state index < -0.39 is 11.4 Å². The highest BCUT2D eigenvalue weighted by molar-refractivity contribution is 5.98. The second-order valence-electron chi connectivity index (χ2n) is 3.33. The molecule has 3 nitrogen and oxygen atoms in total. The Morgan fingerprint density at radius 1 is 1.08 bits per heavy atom. The Bertz CT molecular complexity index is 184. The van der Waals surface area contributed by atoms with Crippen molar-refractivity contribution in [2.45, 2.75) is 46.5 Å². The number of carboxylic acids is 1. The summed E-state index contributed by atoms with van der Waals surface area (Å²) in [5.41, 5.74) is -0.404. The van der Waals surface area contributed by atoms with Crippen molar-refractivity contribution >= 4 is 11.8 Å². The number of carboxylic acid groups (broad SMARTS) is 1. The van der Waals surface area contributed by atoms with E-state index in [2.05, 4.69) is 0 Å². The molecular formula is C10H18O3. The highest BCUT2D eigenvalue weighted by Gasteiger charge is 2.33. The van der Waals surface area contributed by atoms with Crippen molar-refractivity contribution in [3.8, 4) is 0 Å². The SMILES string of the molecule is CCC(CC)(CC)C(=O)CC(=O)O. The van der Waals surface area contributed by atoms with Gasteiger partial charge < -0.3 is 5.11 Å². The van der Waals surface area contributed by atoms with Crippen molar-refractivity contribution in [1.29, 1.82) is 0 Å². The van der Waals surface area contributed by atoms with Crippen molar-refractivity contribution in [2.24, 2.45) is 5.41 Å². The Hall–Kier alpha value is -0.860. The molecule has 0 aromatic rings. The van der Waals surface area contributed by atoms with E-state index in [9.17, 15) is 9.59 Å². The number of rotatable bonds is 6. The van der Waals surface area contributed by atoms with Crippen LogP contribution in [0.25, 0.3) is 0 Å². The molecule has 0 atom stereocenters. The molecular weight excluding hydrogens is 168 g/mol. The third kappa shape index (κ3) is 2.83. The molecule has 0 aromatic carbocycles. The van der Waals surface area contributed by atoms with Gasteiger partial charge in [0, 0.05) is 5.41 Å². The molecule has 1 N–H and O–H groups in total. The van der Waals surface area contributed by atoms with Gasteiger partial charge in [-0.3, -0.25) is 9.59 Å². The van der Waals surface area contributed by atoms with Gasteiger partial charge in [0.2, 0.25) is 0 Å². The molecule has 0 aliphatic rings. The van der Waals surface area contributed by atoms with Gasteiger partial charge in [0.1, 0.15) is 12.2 Å². The predicted molar refractivity (Wildman–Crippen MR) is 50.6 cm³/mol. The zero-order valence-electron chi connectivity index (χ0n) is 8.59. The summed E-state index contributed by atoms with van der Waals surface area (Å²) in [6, 6.07) is 0. The third-order valence-corrected chi connectivity index (χ3v) is 2.93. The van der Waals surface area contributed by atoms with Gasteiger partial charge in [0.05, 0.1) is 0 Å². The second kappa shape index (κ2) is 5.00. The fourth-order valence-corrected chi connectivity index (χ4v) is 1.67. The minimum absolute atomic E-state index is 0.132. The monoisotopic (exact) mass is 186 g/mol. The molecule has 3 heteroatoms. The van der Waals surface area contributed by atoms with Crippen molar-refractivity contribution in [3.05, 3.63) is 0 Å². The lowest BCUT2D eigenvalue weighted by Gasteiger charge is -2.27. The topological polar surface area (TPSA) is 54.4 Å². The Labute approximate surface area is 79.1 Å². The fraction of sp³-hybridized carbons (Fsp3) is 0.800. The average Bonchev–Trinajstić information content (AvgIpc) is 2.07. The van der Waals surface area contributed by atoms with Crippen LogP contribution in [0.15, 0.2) is 0 Å². The van der Waals surface area contributed by atoms with E-state index in [0.717, 1.165) is 19.3 Å². The Morgan fingerprint density at radius 3 is 1.69 bits per heavy atom. The number of ketones is 1. The van der Waals surface area contributed by atoms with Crippen molar-refractivity contribution in [1.82, 2.24) is 0 Å². The quantitative estimate of drug-likeness (QED) is 0.647. The van der Waals surface area contributed by atoms with Crippen LogP contribution in [0.3, 0.4) is 0 Å². The van der Waals surface area contributed by atoms with Crippen molar-refractivity contribution in [3.63, 3.8) is 0 Å². The number of carbonyl (C=O) groups excluding carboxylic acids is 1. The van der Waals surface area contributed by atoms with Gasteiger partial charge in [0.25, 0.3) is 0 Å². The molecule has 0 unspecified atom stereocenters. The summed E-state index contributed by atoms with van der Waals surface area (Å²) in [5.74, 6) is -1.16. The van der Waals surface area contributed by atoms with Crippen LogP contribution >= 0.6 is 0 Å². The summed E-state index contributed by atoms with van der Waals surface area (Å²) in [6.45, 7) is 5.81. The van der Waals surface area contributed by atoms with E-state index in [1.54, 1.807) is 0 Å². The molecule has 0 aliphatic heterocycles. The summed E-state index contributed by atoms with van der Waals surface area (Å²) in [7, 11) is 0. The molecule has 0 aliphatic carbocycles. The second-order valence-corrected chi connectivity index (χ2v) is 3.33. The molecule has 0 rings (SSSR count). The van der Waals surface area contributed by atoms with Gasteiger partial charge in [0.15, 0.2) is 0 Å². The summed E-state index contributed by atoms with van der Waals surface area (Å²) >= 11 is 0. The molecule has 0 heterocycles. The maximum absolute atomic E-state index is 11.6. The van der Waals surface area contributed by atoms with Crippen LogP contribution in [0.2, 0.25) is 0 Å². The van der Waals surface area contributed by atoms with Gasteiger partial charge in [-0.15, -0.1) is 0 Å². The lowest BCUT2D eigenvalue weighted by molar-refractivity contribution is -0.143. The van der Waals surface area contributed by atoms with Crippen LogP contribution in [0, 0.1) is 5.41 Å². The predicted octanol–water partition coefficient (Wildman–Crippen LogP) is 2.25. The first-order valence-electron chi connectivity index (χ1n) is 4.77. The van der Waals surface area contributed by atoms with E-state index in [0.29, 0.717) is 0 Å². The van der Waals surface area contributed by atoms with E-state index in [1.165, 1.54) is 0 Å². The van der Waals surface area contributed by atoms with Gasteiger partial charge in [-0.1, -0.05) is 20.8 Å². The fourth-order valence-electron chi connectivity index (χ4n) is 1.67. The molecule has 0 saturated carbocycles. The number of hydrogen-bond donors (Lipinski definition) is 1. The van der Waals surface area contributed by atoms with E-state index in [1.807, 2.05) is 20.8 Å². The lowest BCUT2D eigenvalue weighted by Crippen LogP contribution is -2.30. The first-order chi connectivity index (χ1) is 6.02. The van der Waals surface area contributed by atoms with Gasteiger partial charge >= 0.3 is 5.97 Å². The highest BCUT2D eigenvalue weighted by atomic mass is 16.4. The van der Waals surface area contributed by atoms with Crippen LogP contribution < -0.4 is 0 Å². The first kappa shape index (κ1) is 12.1. The number of aliphatic carboxylic acids is 1. The van der Waals surface area contributed by atoms with E-state index in [4.69, 9.17) is 5.11 Å². The van der Waals surface area contributed by atoms with Crippen molar-refractivity contribution in [2.75, 3.05) is 0 Å². The minimum Gasteiger partial charge on any atom is -0.481 e. The smallest absolute Gasteiger partial charge is 0.310 e. The third-order valence-electron chi connectivity index (χ3n) is 2.93. The molecule has 0 fully saturated rings. The largest absolute Gasteiger partial charge is 0.481 e. The Kier molecular flexibility index (Phi) is 4.67. The number of Topliss-reactive ketones (excluding diaryl/α,β-unsaturated/α-hetero) is 1. The summed E-state index contributed by atoms with van der Waals surface area (Å²) in [5, 5.41) is 8.51. The van der Waals surface area contributed by atoms with E-state index >= 15 is 0 Å². The van der Waals surface area contributed by atoms with Gasteiger partial charge in [-0.05, 0) is 19.3 Å². The molecule has 0 aromatic heterocycles. The average molecular weight is 186 g/mol.